The van der Waals surface area contributed by atoms with E-state index in [-0.39, 0.29) is 0 Å². The largest absolute Gasteiger partial charge is 0.316 e. The Morgan fingerprint density at radius 2 is 2.38 bits per heavy atom. The minimum atomic E-state index is 0.414. The molecule has 2 aromatic rings. The molecule has 1 atom stereocenters. The second-order valence-corrected chi connectivity index (χ2v) is 4.61. The van der Waals surface area contributed by atoms with Crippen molar-refractivity contribution in [3.05, 3.63) is 34.5 Å². The van der Waals surface area contributed by atoms with Crippen molar-refractivity contribution in [1.82, 2.24) is 20.1 Å². The van der Waals surface area contributed by atoms with Crippen LogP contribution in [0.1, 0.15) is 11.4 Å². The highest BCUT2D eigenvalue weighted by molar-refractivity contribution is 7.07. The number of aromatic nitrogens is 3. The van der Waals surface area contributed by atoms with Gasteiger partial charge in [0.1, 0.15) is 12.2 Å². The lowest BCUT2D eigenvalue weighted by atomic mass is 10.1. The van der Waals surface area contributed by atoms with Crippen LogP contribution in [0, 0.1) is 0 Å². The average Bonchev–Trinajstić information content (AvgIpc) is 2.90. The first-order valence-corrected chi connectivity index (χ1v) is 6.25. The highest BCUT2D eigenvalue weighted by Crippen LogP contribution is 2.10. The molecule has 2 rings (SSSR count). The normalized spacial score (nSPS) is 12.9. The zero-order valence-electron chi connectivity index (χ0n) is 9.55. The van der Waals surface area contributed by atoms with E-state index in [4.69, 9.17) is 0 Å². The number of nitrogens with zero attached hydrogens (tertiary/aromatic N) is 3. The fraction of sp³-hybridized carbons (Fsp3) is 0.455. The zero-order chi connectivity index (χ0) is 11.4. The van der Waals surface area contributed by atoms with Crippen molar-refractivity contribution >= 4 is 11.3 Å². The number of aryl methyl sites for hydroxylation is 1. The number of rotatable bonds is 5. The predicted molar refractivity (Wildman–Crippen MR) is 65.6 cm³/mol. The van der Waals surface area contributed by atoms with Gasteiger partial charge in [0.2, 0.25) is 0 Å². The average molecular weight is 236 g/mol. The second kappa shape index (κ2) is 5.23. The molecule has 0 amide bonds. The molecular formula is C11H16N4S. The first-order chi connectivity index (χ1) is 7.79. The van der Waals surface area contributed by atoms with Crippen LogP contribution in [0.3, 0.4) is 0 Å². The van der Waals surface area contributed by atoms with Crippen molar-refractivity contribution in [3.8, 4) is 0 Å². The molecule has 5 heteroatoms. The SMILES string of the molecule is CNC(Cc1ccsc1)Cc1ncnn1C. The quantitative estimate of drug-likeness (QED) is 0.849. The molecule has 2 heterocycles. The van der Waals surface area contributed by atoms with E-state index in [0.717, 1.165) is 18.7 Å². The summed E-state index contributed by atoms with van der Waals surface area (Å²) in [6.07, 6.45) is 3.54. The van der Waals surface area contributed by atoms with Gasteiger partial charge in [0.05, 0.1) is 0 Å². The molecule has 0 saturated heterocycles. The summed E-state index contributed by atoms with van der Waals surface area (Å²) in [6.45, 7) is 0. The molecule has 4 nitrogen and oxygen atoms in total. The molecule has 0 aliphatic heterocycles. The van der Waals surface area contributed by atoms with Crippen LogP contribution in [0.15, 0.2) is 23.2 Å². The molecule has 0 saturated carbocycles. The van der Waals surface area contributed by atoms with E-state index in [2.05, 4.69) is 32.2 Å². The van der Waals surface area contributed by atoms with Crippen LogP contribution >= 0.6 is 11.3 Å². The summed E-state index contributed by atoms with van der Waals surface area (Å²) >= 11 is 1.74. The fourth-order valence-electron chi connectivity index (χ4n) is 1.69. The lowest BCUT2D eigenvalue weighted by Gasteiger charge is -2.14. The van der Waals surface area contributed by atoms with Gasteiger partial charge in [0.25, 0.3) is 0 Å². The predicted octanol–water partition coefficient (Wildman–Crippen LogP) is 1.25. The first kappa shape index (κ1) is 11.3. The standard InChI is InChI=1S/C11H16N4S/c1-12-10(5-9-3-4-16-7-9)6-11-13-8-14-15(11)2/h3-4,7-8,10,12H,5-6H2,1-2H3. The van der Waals surface area contributed by atoms with Crippen LogP contribution in [0.2, 0.25) is 0 Å². The van der Waals surface area contributed by atoms with Gasteiger partial charge in [-0.05, 0) is 35.9 Å². The number of hydrogen-bond donors (Lipinski definition) is 1. The maximum atomic E-state index is 4.25. The second-order valence-electron chi connectivity index (χ2n) is 3.83. The Bertz CT molecular complexity index is 421. The van der Waals surface area contributed by atoms with Gasteiger partial charge in [0.15, 0.2) is 0 Å². The summed E-state index contributed by atoms with van der Waals surface area (Å²) in [5.74, 6) is 1.02. The van der Waals surface area contributed by atoms with Gasteiger partial charge in [-0.25, -0.2) is 4.98 Å². The van der Waals surface area contributed by atoms with Crippen LogP contribution in [0.5, 0.6) is 0 Å². The summed E-state index contributed by atoms with van der Waals surface area (Å²) in [6, 6.07) is 2.59. The summed E-state index contributed by atoms with van der Waals surface area (Å²) in [4.78, 5) is 4.25. The topological polar surface area (TPSA) is 42.7 Å². The van der Waals surface area contributed by atoms with E-state index in [1.165, 1.54) is 5.56 Å². The van der Waals surface area contributed by atoms with E-state index in [1.54, 1.807) is 17.7 Å². The molecular weight excluding hydrogens is 220 g/mol. The van der Waals surface area contributed by atoms with Crippen molar-refractivity contribution in [2.75, 3.05) is 7.05 Å². The number of hydrogen-bond acceptors (Lipinski definition) is 4. The van der Waals surface area contributed by atoms with E-state index < -0.39 is 0 Å². The van der Waals surface area contributed by atoms with Crippen LogP contribution < -0.4 is 5.32 Å². The number of likely N-dealkylation sites (N-methyl/N-ethyl adjacent to an activating group) is 1. The molecule has 0 bridgehead atoms. The maximum absolute atomic E-state index is 4.25. The van der Waals surface area contributed by atoms with E-state index in [0.29, 0.717) is 6.04 Å². The Balaban J connectivity index is 1.98. The molecule has 86 valence electrons. The van der Waals surface area contributed by atoms with Gasteiger partial charge < -0.3 is 5.32 Å². The van der Waals surface area contributed by atoms with E-state index >= 15 is 0 Å². The molecule has 1 unspecified atom stereocenters. The smallest absolute Gasteiger partial charge is 0.138 e. The highest BCUT2D eigenvalue weighted by Gasteiger charge is 2.11. The van der Waals surface area contributed by atoms with Gasteiger partial charge in [0, 0.05) is 19.5 Å². The van der Waals surface area contributed by atoms with Gasteiger partial charge in [-0.1, -0.05) is 0 Å². The molecule has 2 aromatic heterocycles. The van der Waals surface area contributed by atoms with Gasteiger partial charge in [-0.15, -0.1) is 0 Å². The Labute approximate surface area is 99.3 Å². The maximum Gasteiger partial charge on any atom is 0.138 e. The third kappa shape index (κ3) is 2.68. The van der Waals surface area contributed by atoms with Crippen molar-refractivity contribution in [2.45, 2.75) is 18.9 Å². The fourth-order valence-corrected chi connectivity index (χ4v) is 2.38. The summed E-state index contributed by atoms with van der Waals surface area (Å²) in [5, 5.41) is 11.7. The van der Waals surface area contributed by atoms with Crippen LogP contribution in [-0.2, 0) is 19.9 Å². The third-order valence-electron chi connectivity index (χ3n) is 2.70. The Hall–Kier alpha value is -1.20. The first-order valence-electron chi connectivity index (χ1n) is 5.31. The Morgan fingerprint density at radius 3 is 2.94 bits per heavy atom. The molecule has 0 aliphatic carbocycles. The van der Waals surface area contributed by atoms with Gasteiger partial charge in [-0.2, -0.15) is 16.4 Å². The molecule has 0 spiro atoms. The van der Waals surface area contributed by atoms with Crippen molar-refractivity contribution < 1.29 is 0 Å². The molecule has 16 heavy (non-hydrogen) atoms. The van der Waals surface area contributed by atoms with E-state index in [9.17, 15) is 0 Å². The minimum Gasteiger partial charge on any atom is -0.316 e. The highest BCUT2D eigenvalue weighted by atomic mass is 32.1. The van der Waals surface area contributed by atoms with Crippen LogP contribution in [0.4, 0.5) is 0 Å². The van der Waals surface area contributed by atoms with Crippen molar-refractivity contribution in [3.63, 3.8) is 0 Å². The Morgan fingerprint density at radius 1 is 1.50 bits per heavy atom. The summed E-state index contributed by atoms with van der Waals surface area (Å²) in [7, 11) is 3.92. The van der Waals surface area contributed by atoms with Gasteiger partial charge in [-0.3, -0.25) is 4.68 Å². The number of thiophene rings is 1. The lowest BCUT2D eigenvalue weighted by molar-refractivity contribution is 0.527. The van der Waals surface area contributed by atoms with E-state index in [1.807, 2.05) is 18.8 Å². The molecule has 0 aromatic carbocycles. The summed E-state index contributed by atoms with van der Waals surface area (Å²) in [5.41, 5.74) is 1.38. The monoisotopic (exact) mass is 236 g/mol. The van der Waals surface area contributed by atoms with Gasteiger partial charge >= 0.3 is 0 Å². The zero-order valence-corrected chi connectivity index (χ0v) is 10.4. The number of nitrogens with one attached hydrogen (secondary N) is 1. The molecule has 1 N–H and O–H groups in total. The van der Waals surface area contributed by atoms with Crippen LogP contribution in [0.25, 0.3) is 0 Å². The minimum absolute atomic E-state index is 0.414. The van der Waals surface area contributed by atoms with Crippen molar-refractivity contribution in [1.29, 1.82) is 0 Å². The molecule has 0 fully saturated rings. The third-order valence-corrected chi connectivity index (χ3v) is 3.44. The molecule has 0 radical (unpaired) electrons. The Kier molecular flexibility index (Phi) is 3.69. The molecule has 0 aliphatic rings. The van der Waals surface area contributed by atoms with Crippen molar-refractivity contribution in [2.24, 2.45) is 7.05 Å². The van der Waals surface area contributed by atoms with Crippen LogP contribution in [-0.4, -0.2) is 27.9 Å². The summed E-state index contributed by atoms with van der Waals surface area (Å²) < 4.78 is 1.83. The lowest BCUT2D eigenvalue weighted by Crippen LogP contribution is -2.30.